The van der Waals surface area contributed by atoms with Gasteiger partial charge in [0.15, 0.2) is 13.6 Å². The Bertz CT molecular complexity index is 643. The van der Waals surface area contributed by atoms with E-state index in [2.05, 4.69) is 5.10 Å². The lowest BCUT2D eigenvalue weighted by Crippen LogP contribution is -2.43. The van der Waals surface area contributed by atoms with Gasteiger partial charge in [0.1, 0.15) is 5.52 Å². The van der Waals surface area contributed by atoms with E-state index in [1.807, 2.05) is 19.9 Å². The maximum Gasteiger partial charge on any atom is 0.209 e. The summed E-state index contributed by atoms with van der Waals surface area (Å²) in [7, 11) is -4.07. The smallest absolute Gasteiger partial charge is 0.209 e. The first-order valence-electron chi connectivity index (χ1n) is 6.23. The Morgan fingerprint density at radius 3 is 2.74 bits per heavy atom. The summed E-state index contributed by atoms with van der Waals surface area (Å²) in [5, 5.41) is 5.19. The monoisotopic (exact) mass is 280 g/mol. The molecule has 102 valence electrons. The second kappa shape index (κ2) is 5.37. The van der Waals surface area contributed by atoms with E-state index in [1.54, 1.807) is 29.8 Å². The lowest BCUT2D eigenvalue weighted by atomic mass is 10.2. The van der Waals surface area contributed by atoms with Crippen molar-refractivity contribution in [2.24, 2.45) is 0 Å². The molecule has 0 aliphatic heterocycles. The number of aromatic nitrogens is 2. The molecular formula is C13H17N2O3P. The van der Waals surface area contributed by atoms with Crippen molar-refractivity contribution >= 4 is 23.8 Å². The lowest BCUT2D eigenvalue weighted by Gasteiger charge is -2.22. The highest BCUT2D eigenvalue weighted by Crippen LogP contribution is 2.37. The molecule has 0 saturated carbocycles. The summed E-state index contributed by atoms with van der Waals surface area (Å²) in [6.07, 6.45) is 1.54. The van der Waals surface area contributed by atoms with Crippen LogP contribution < -0.4 is 14.9 Å². The molecule has 0 amide bonds. The van der Waals surface area contributed by atoms with E-state index in [9.17, 15) is 9.46 Å². The number of hydrogen-bond acceptors (Lipinski definition) is 4. The molecular weight excluding hydrogens is 263 g/mol. The fourth-order valence-electron chi connectivity index (χ4n) is 1.85. The maximum atomic E-state index is 12.2. The molecule has 0 N–H and O–H groups in total. The van der Waals surface area contributed by atoms with Crippen LogP contribution in [0.5, 0.6) is 0 Å². The van der Waals surface area contributed by atoms with Crippen molar-refractivity contribution in [1.82, 2.24) is 5.10 Å². The topological polar surface area (TPSA) is 66.1 Å². The molecule has 0 fully saturated rings. The predicted molar refractivity (Wildman–Crippen MR) is 71.2 cm³/mol. The Balaban J connectivity index is 2.73. The minimum absolute atomic E-state index is 0.0741. The summed E-state index contributed by atoms with van der Waals surface area (Å²) >= 11 is 0. The molecule has 2 aromatic rings. The van der Waals surface area contributed by atoms with Gasteiger partial charge in [-0.1, -0.05) is 22.9 Å². The first kappa shape index (κ1) is 14.1. The number of hydrogen-bond donors (Lipinski definition) is 0. The van der Waals surface area contributed by atoms with Crippen molar-refractivity contribution in [2.75, 3.05) is 6.61 Å². The van der Waals surface area contributed by atoms with Crippen molar-refractivity contribution in [2.45, 2.75) is 26.8 Å². The van der Waals surface area contributed by atoms with E-state index in [0.29, 0.717) is 10.9 Å². The molecule has 0 spiro atoms. The third kappa shape index (κ3) is 2.84. The second-order valence-corrected chi connectivity index (χ2v) is 6.26. The van der Waals surface area contributed by atoms with Gasteiger partial charge in [0, 0.05) is 10.5 Å². The quantitative estimate of drug-likeness (QED) is 0.626. The summed E-state index contributed by atoms with van der Waals surface area (Å²) < 4.78 is 18.7. The molecule has 0 aliphatic carbocycles. The number of fused-ring (bicyclic) bond motifs is 1. The lowest BCUT2D eigenvalue weighted by molar-refractivity contribution is -0.768. The Hall–Kier alpha value is -1.29. The van der Waals surface area contributed by atoms with Crippen LogP contribution in [0, 0.1) is 0 Å². The molecule has 1 atom stereocenters. The summed E-state index contributed by atoms with van der Waals surface area (Å²) in [6.45, 7) is 5.67. The van der Waals surface area contributed by atoms with Crippen LogP contribution in [-0.4, -0.2) is 11.7 Å². The normalized spacial score (nSPS) is 14.8. The number of benzene rings is 1. The second-order valence-electron chi connectivity index (χ2n) is 4.52. The first-order valence-corrected chi connectivity index (χ1v) is 7.77. The van der Waals surface area contributed by atoms with Crippen molar-refractivity contribution in [3.8, 4) is 0 Å². The van der Waals surface area contributed by atoms with Crippen LogP contribution in [0.1, 0.15) is 26.8 Å². The van der Waals surface area contributed by atoms with Gasteiger partial charge in [0.25, 0.3) is 0 Å². The summed E-state index contributed by atoms with van der Waals surface area (Å²) in [5.74, 6) is 0. The highest BCUT2D eigenvalue weighted by Gasteiger charge is 2.22. The summed E-state index contributed by atoms with van der Waals surface area (Å²) in [4.78, 5) is 12.2. The fourth-order valence-corrected chi connectivity index (χ4v) is 3.07. The molecule has 1 heterocycles. The van der Waals surface area contributed by atoms with Crippen LogP contribution in [0.3, 0.4) is 0 Å². The Labute approximate surface area is 112 Å². The van der Waals surface area contributed by atoms with Crippen LogP contribution in [0.25, 0.3) is 10.9 Å². The average molecular weight is 280 g/mol. The van der Waals surface area contributed by atoms with Gasteiger partial charge >= 0.3 is 0 Å². The fraction of sp³-hybridized carbons (Fsp3) is 0.385. The zero-order chi connectivity index (χ0) is 14.0. The molecule has 2 rings (SSSR count). The van der Waals surface area contributed by atoms with Crippen molar-refractivity contribution in [1.29, 1.82) is 0 Å². The standard InChI is InChI=1S/C13H17N2O3P/c1-4-18-19(16,17)13-9-15(10(2)3)14-12-8-6-5-7-11(12)13/h5-10H,4H2,1-3H3. The van der Waals surface area contributed by atoms with E-state index in [0.717, 1.165) is 0 Å². The predicted octanol–water partition coefficient (Wildman–Crippen LogP) is 1.32. The molecule has 0 aliphatic rings. The first-order chi connectivity index (χ1) is 8.95. The van der Waals surface area contributed by atoms with Gasteiger partial charge in [0.2, 0.25) is 6.20 Å². The van der Waals surface area contributed by atoms with Crippen molar-refractivity contribution in [3.63, 3.8) is 0 Å². The van der Waals surface area contributed by atoms with Crippen LogP contribution in [0.4, 0.5) is 0 Å². The Morgan fingerprint density at radius 1 is 1.42 bits per heavy atom. The number of nitrogens with zero attached hydrogens (tertiary/aromatic N) is 2. The molecule has 5 nitrogen and oxygen atoms in total. The molecule has 19 heavy (non-hydrogen) atoms. The van der Waals surface area contributed by atoms with Gasteiger partial charge in [-0.3, -0.25) is 0 Å². The highest BCUT2D eigenvalue weighted by atomic mass is 31.2. The molecule has 6 heteroatoms. The van der Waals surface area contributed by atoms with Crippen LogP contribution >= 0.6 is 7.60 Å². The Morgan fingerprint density at radius 2 is 2.11 bits per heavy atom. The average Bonchev–Trinajstić information content (AvgIpc) is 2.37. The van der Waals surface area contributed by atoms with Crippen molar-refractivity contribution in [3.05, 3.63) is 30.5 Å². The highest BCUT2D eigenvalue weighted by molar-refractivity contribution is 7.60. The van der Waals surface area contributed by atoms with Gasteiger partial charge in [0.05, 0.1) is 11.9 Å². The molecule has 1 aromatic carbocycles. The van der Waals surface area contributed by atoms with Crippen LogP contribution in [-0.2, 0) is 9.09 Å². The van der Waals surface area contributed by atoms with E-state index >= 15 is 0 Å². The minimum Gasteiger partial charge on any atom is -0.775 e. The van der Waals surface area contributed by atoms with Crippen molar-refractivity contribution < 1.29 is 18.7 Å². The molecule has 1 aromatic heterocycles. The van der Waals surface area contributed by atoms with Gasteiger partial charge < -0.3 is 14.0 Å². The SMILES string of the molecule is CCOP(=O)([O-])c1c[n+](C(C)C)nc2ccccc12. The maximum absolute atomic E-state index is 12.2. The third-order valence-electron chi connectivity index (χ3n) is 2.78. The van der Waals surface area contributed by atoms with E-state index in [-0.39, 0.29) is 18.0 Å². The molecule has 0 bridgehead atoms. The van der Waals surface area contributed by atoms with Gasteiger partial charge in [-0.25, -0.2) is 0 Å². The van der Waals surface area contributed by atoms with Gasteiger partial charge in [-0.2, -0.15) is 0 Å². The molecule has 1 unspecified atom stereocenters. The molecule has 0 radical (unpaired) electrons. The zero-order valence-electron chi connectivity index (χ0n) is 11.2. The van der Waals surface area contributed by atoms with Gasteiger partial charge in [-0.05, 0) is 26.8 Å². The van der Waals surface area contributed by atoms with Crippen LogP contribution in [0.15, 0.2) is 30.5 Å². The number of rotatable bonds is 4. The van der Waals surface area contributed by atoms with Gasteiger partial charge in [-0.15, -0.1) is 0 Å². The minimum atomic E-state index is -4.07. The van der Waals surface area contributed by atoms with E-state index in [4.69, 9.17) is 4.52 Å². The van der Waals surface area contributed by atoms with E-state index < -0.39 is 7.60 Å². The Kier molecular flexibility index (Phi) is 3.99. The molecule has 0 saturated heterocycles. The van der Waals surface area contributed by atoms with E-state index in [1.165, 1.54) is 6.20 Å². The third-order valence-corrected chi connectivity index (χ3v) is 4.33. The zero-order valence-corrected chi connectivity index (χ0v) is 12.1. The largest absolute Gasteiger partial charge is 0.775 e. The van der Waals surface area contributed by atoms with Crippen LogP contribution in [0.2, 0.25) is 0 Å². The summed E-state index contributed by atoms with van der Waals surface area (Å²) in [5.41, 5.74) is 0.643. The summed E-state index contributed by atoms with van der Waals surface area (Å²) in [6, 6.07) is 7.24.